The Morgan fingerprint density at radius 1 is 1.32 bits per heavy atom. The first-order valence-corrected chi connectivity index (χ1v) is 8.11. The highest BCUT2D eigenvalue weighted by atomic mass is 35.5. The van der Waals surface area contributed by atoms with Crippen molar-refractivity contribution < 1.29 is 14.8 Å². The second-order valence-electron chi connectivity index (χ2n) is 5.73. The molecule has 0 bridgehead atoms. The van der Waals surface area contributed by atoms with E-state index in [1.807, 2.05) is 24.3 Å². The number of nitrogens with two attached hydrogens (primary N) is 1. The van der Waals surface area contributed by atoms with E-state index in [1.54, 1.807) is 11.8 Å². The van der Waals surface area contributed by atoms with Crippen molar-refractivity contribution in [2.24, 2.45) is 5.73 Å². The molecule has 138 valence electrons. The van der Waals surface area contributed by atoms with Gasteiger partial charge in [0.1, 0.15) is 5.75 Å². The molecule has 0 fully saturated rings. The average Bonchev–Trinajstić information content (AvgIpc) is 3.05. The third-order valence-electron chi connectivity index (χ3n) is 3.87. The van der Waals surface area contributed by atoms with Crippen LogP contribution in [-0.2, 0) is 13.0 Å². The molecule has 0 aliphatic carbocycles. The first-order chi connectivity index (χ1) is 11.6. The van der Waals surface area contributed by atoms with Gasteiger partial charge < -0.3 is 20.5 Å². The van der Waals surface area contributed by atoms with Gasteiger partial charge in [-0.25, -0.2) is 4.68 Å². The topological polar surface area (TPSA) is 119 Å². The highest BCUT2D eigenvalue weighted by molar-refractivity contribution is 6.40. The summed E-state index contributed by atoms with van der Waals surface area (Å²) in [7, 11) is 0.391. The number of hydrogen-bond donors (Lipinski definition) is 3. The van der Waals surface area contributed by atoms with E-state index < -0.39 is 7.12 Å². The minimum atomic E-state index is -1.26. The second-order valence-corrected chi connectivity index (χ2v) is 5.73. The average molecular weight is 370 g/mol. The van der Waals surface area contributed by atoms with Crippen molar-refractivity contribution >= 4 is 19.5 Å². The van der Waals surface area contributed by atoms with Gasteiger partial charge in [0.15, 0.2) is 5.82 Å². The summed E-state index contributed by atoms with van der Waals surface area (Å²) >= 11 is 0. The molecular weight excluding hydrogens is 344 g/mol. The monoisotopic (exact) mass is 369 g/mol. The number of unbranched alkanes of at least 4 members (excludes halogenated alkanes) is 1. The van der Waals surface area contributed by atoms with Gasteiger partial charge in [-0.15, -0.1) is 17.5 Å². The van der Waals surface area contributed by atoms with Crippen LogP contribution in [0.1, 0.15) is 36.7 Å². The highest BCUT2D eigenvalue weighted by Gasteiger charge is 2.15. The molecule has 0 aliphatic rings. The maximum atomic E-state index is 8.84. The Morgan fingerprint density at radius 2 is 2.12 bits per heavy atom. The van der Waals surface area contributed by atoms with Gasteiger partial charge in [-0.05, 0) is 47.3 Å². The maximum absolute atomic E-state index is 8.84. The molecule has 4 N–H and O–H groups in total. The predicted molar refractivity (Wildman–Crippen MR) is 97.5 cm³/mol. The lowest BCUT2D eigenvalue weighted by Gasteiger charge is -2.12. The number of hydrogen-bond acceptors (Lipinski definition) is 7. The van der Waals surface area contributed by atoms with Crippen LogP contribution in [0.5, 0.6) is 5.75 Å². The molecule has 1 aromatic carbocycles. The lowest BCUT2D eigenvalue weighted by atomic mass is 9.83. The van der Waals surface area contributed by atoms with Gasteiger partial charge in [0.05, 0.1) is 13.2 Å². The molecule has 10 heteroatoms. The molecule has 1 heterocycles. The van der Waals surface area contributed by atoms with Crippen molar-refractivity contribution in [1.82, 2.24) is 20.2 Å². The van der Waals surface area contributed by atoms with E-state index in [0.29, 0.717) is 31.5 Å². The fourth-order valence-electron chi connectivity index (χ4n) is 2.52. The summed E-state index contributed by atoms with van der Waals surface area (Å²) in [6.07, 6.45) is 3.33. The third kappa shape index (κ3) is 6.99. The molecule has 1 unspecified atom stereocenters. The van der Waals surface area contributed by atoms with Crippen LogP contribution in [0, 0.1) is 0 Å². The molecule has 0 saturated heterocycles. The van der Waals surface area contributed by atoms with Crippen LogP contribution in [0.15, 0.2) is 24.3 Å². The van der Waals surface area contributed by atoms with Gasteiger partial charge >= 0.3 is 7.12 Å². The number of rotatable bonds is 10. The summed E-state index contributed by atoms with van der Waals surface area (Å²) in [5, 5.41) is 29.4. The van der Waals surface area contributed by atoms with E-state index >= 15 is 0 Å². The fourth-order valence-corrected chi connectivity index (χ4v) is 2.52. The first-order valence-electron chi connectivity index (χ1n) is 8.11. The number of tetrazole rings is 1. The smallest absolute Gasteiger partial charge is 0.451 e. The molecule has 1 atom stereocenters. The van der Waals surface area contributed by atoms with Crippen LogP contribution in [0.4, 0.5) is 0 Å². The standard InChI is InChI=1S/C15H24BN5O3.ClH/c1-24-13-6-4-5-12(11-13)8-10-21-15(18-19-20-21)14(17)7-2-3-9-16(22)23;/h4-6,11,14,22-23H,2-3,7-10,17H2,1H3;1H. The molecular formula is C15H25BClN5O3. The molecule has 0 aliphatic heterocycles. The van der Waals surface area contributed by atoms with Gasteiger partial charge in [0, 0.05) is 6.54 Å². The number of halogens is 1. The van der Waals surface area contributed by atoms with Crippen molar-refractivity contribution in [3.8, 4) is 5.75 Å². The minimum absolute atomic E-state index is 0. The zero-order chi connectivity index (χ0) is 17.4. The number of benzene rings is 1. The van der Waals surface area contributed by atoms with Crippen molar-refractivity contribution in [2.45, 2.75) is 44.6 Å². The Kier molecular flexibility index (Phi) is 9.44. The van der Waals surface area contributed by atoms with Gasteiger partial charge in [-0.1, -0.05) is 25.0 Å². The fraction of sp³-hybridized carbons (Fsp3) is 0.533. The second kappa shape index (κ2) is 11.0. The minimum Gasteiger partial charge on any atom is -0.497 e. The Balaban J connectivity index is 0.00000312. The molecule has 1 aromatic heterocycles. The molecule has 25 heavy (non-hydrogen) atoms. The van der Waals surface area contributed by atoms with Crippen molar-refractivity contribution in [1.29, 1.82) is 0 Å². The summed E-state index contributed by atoms with van der Waals surface area (Å²) in [6, 6.07) is 7.62. The zero-order valence-corrected chi connectivity index (χ0v) is 15.1. The summed E-state index contributed by atoms with van der Waals surface area (Å²) in [4.78, 5) is 0. The normalized spacial score (nSPS) is 11.7. The van der Waals surface area contributed by atoms with Crippen molar-refractivity contribution in [3.05, 3.63) is 35.7 Å². The molecule has 0 spiro atoms. The summed E-state index contributed by atoms with van der Waals surface area (Å²) in [6.45, 7) is 0.637. The van der Waals surface area contributed by atoms with Gasteiger partial charge in [0.2, 0.25) is 0 Å². The van der Waals surface area contributed by atoms with Crippen LogP contribution in [0.25, 0.3) is 0 Å². The molecule has 8 nitrogen and oxygen atoms in total. The van der Waals surface area contributed by atoms with Gasteiger partial charge in [-0.3, -0.25) is 0 Å². The summed E-state index contributed by atoms with van der Waals surface area (Å²) in [5.41, 5.74) is 7.30. The zero-order valence-electron chi connectivity index (χ0n) is 14.3. The number of ether oxygens (including phenoxy) is 1. The van der Waals surface area contributed by atoms with Crippen LogP contribution in [-0.4, -0.2) is 44.5 Å². The molecule has 0 amide bonds. The predicted octanol–water partition coefficient (Wildman–Crippen LogP) is 0.989. The highest BCUT2D eigenvalue weighted by Crippen LogP contribution is 2.17. The summed E-state index contributed by atoms with van der Waals surface area (Å²) in [5.74, 6) is 1.48. The van der Waals surface area contributed by atoms with Gasteiger partial charge in [-0.2, -0.15) is 0 Å². The van der Waals surface area contributed by atoms with Crippen LogP contribution in [0.3, 0.4) is 0 Å². The van der Waals surface area contributed by atoms with Crippen LogP contribution >= 0.6 is 12.4 Å². The largest absolute Gasteiger partial charge is 0.497 e. The van der Waals surface area contributed by atoms with Crippen molar-refractivity contribution in [2.75, 3.05) is 7.11 Å². The maximum Gasteiger partial charge on any atom is 0.451 e. The van der Waals surface area contributed by atoms with E-state index in [9.17, 15) is 0 Å². The van der Waals surface area contributed by atoms with E-state index in [4.69, 9.17) is 20.5 Å². The Morgan fingerprint density at radius 3 is 2.84 bits per heavy atom. The summed E-state index contributed by atoms with van der Waals surface area (Å²) < 4.78 is 6.95. The van der Waals surface area contributed by atoms with Crippen molar-refractivity contribution in [3.63, 3.8) is 0 Å². The Bertz CT molecular complexity index is 629. The number of aryl methyl sites for hydroxylation is 2. The Labute approximate surface area is 153 Å². The molecule has 0 radical (unpaired) electrons. The number of aromatic nitrogens is 4. The number of nitrogens with zero attached hydrogens (tertiary/aromatic N) is 4. The molecule has 2 rings (SSSR count). The SMILES string of the molecule is COc1cccc(CCn2nnnc2C(N)CCCCB(O)O)c1.Cl. The lowest BCUT2D eigenvalue weighted by Crippen LogP contribution is -2.18. The first kappa shape index (κ1) is 21.4. The Hall–Kier alpha value is -1.68. The molecule has 0 saturated carbocycles. The lowest BCUT2D eigenvalue weighted by molar-refractivity contribution is 0.400. The van der Waals surface area contributed by atoms with Crippen LogP contribution in [0.2, 0.25) is 6.32 Å². The quantitative estimate of drug-likeness (QED) is 0.422. The van der Waals surface area contributed by atoms with E-state index in [1.165, 1.54) is 0 Å². The molecule has 2 aromatic rings. The van der Waals surface area contributed by atoms with Crippen LogP contribution < -0.4 is 10.5 Å². The number of methoxy groups -OCH3 is 1. The van der Waals surface area contributed by atoms with E-state index in [-0.39, 0.29) is 18.4 Å². The van der Waals surface area contributed by atoms with E-state index in [0.717, 1.165) is 24.2 Å². The van der Waals surface area contributed by atoms with Gasteiger partial charge in [0.25, 0.3) is 0 Å². The van der Waals surface area contributed by atoms with E-state index in [2.05, 4.69) is 15.5 Å². The third-order valence-corrected chi connectivity index (χ3v) is 3.87.